The minimum atomic E-state index is -0.780. The molecular formula is C28H22F3N5O2. The summed E-state index contributed by atoms with van der Waals surface area (Å²) in [6, 6.07) is 19.2. The van der Waals surface area contributed by atoms with Crippen LogP contribution in [0.3, 0.4) is 0 Å². The zero-order valence-electron chi connectivity index (χ0n) is 20.0. The summed E-state index contributed by atoms with van der Waals surface area (Å²) >= 11 is 0. The van der Waals surface area contributed by atoms with E-state index in [1.165, 1.54) is 47.6 Å². The monoisotopic (exact) mass is 517 g/mol. The number of hydrogen-bond acceptors (Lipinski definition) is 5. The molecule has 0 aliphatic heterocycles. The van der Waals surface area contributed by atoms with E-state index in [9.17, 15) is 18.0 Å². The highest BCUT2D eigenvalue weighted by Crippen LogP contribution is 2.25. The third-order valence-corrected chi connectivity index (χ3v) is 5.97. The molecule has 0 fully saturated rings. The molecule has 5 aromatic rings. The van der Waals surface area contributed by atoms with Crippen LogP contribution in [0.4, 0.5) is 18.9 Å². The number of nitrogens with zero attached hydrogens (tertiary/aromatic N) is 4. The first-order valence-electron chi connectivity index (χ1n) is 11.7. The molecule has 2 aromatic heterocycles. The molecule has 0 saturated heterocycles. The highest BCUT2D eigenvalue weighted by Gasteiger charge is 2.24. The summed E-state index contributed by atoms with van der Waals surface area (Å²) in [6.07, 6.45) is 1.53. The zero-order valence-corrected chi connectivity index (χ0v) is 20.0. The summed E-state index contributed by atoms with van der Waals surface area (Å²) in [4.78, 5) is 14.9. The number of nitrogens with two attached hydrogens (primary N) is 1. The topological polar surface area (TPSA) is 90.2 Å². The Morgan fingerprint density at radius 2 is 1.63 bits per heavy atom. The van der Waals surface area contributed by atoms with Gasteiger partial charge in [-0.25, -0.2) is 13.2 Å². The van der Waals surface area contributed by atoms with Gasteiger partial charge in [0.1, 0.15) is 29.5 Å². The number of rotatable bonds is 8. The average molecular weight is 518 g/mol. The first-order valence-corrected chi connectivity index (χ1v) is 11.7. The Morgan fingerprint density at radius 1 is 0.895 bits per heavy atom. The van der Waals surface area contributed by atoms with E-state index < -0.39 is 23.4 Å². The second kappa shape index (κ2) is 10.6. The van der Waals surface area contributed by atoms with Crippen LogP contribution >= 0.6 is 0 Å². The largest absolute Gasteiger partial charge is 0.451 e. The fourth-order valence-electron chi connectivity index (χ4n) is 3.96. The average Bonchev–Trinajstić information content (AvgIpc) is 3.57. The van der Waals surface area contributed by atoms with Gasteiger partial charge in [-0.1, -0.05) is 18.2 Å². The third kappa shape index (κ3) is 5.59. The van der Waals surface area contributed by atoms with Crippen molar-refractivity contribution in [2.75, 3.05) is 5.73 Å². The highest BCUT2D eigenvalue weighted by molar-refractivity contribution is 5.92. The predicted molar refractivity (Wildman–Crippen MR) is 134 cm³/mol. The number of hydrogen-bond donors (Lipinski definition) is 1. The lowest BCUT2D eigenvalue weighted by Crippen LogP contribution is -2.31. The Kier molecular flexibility index (Phi) is 6.94. The van der Waals surface area contributed by atoms with Gasteiger partial charge in [-0.3, -0.25) is 4.79 Å². The van der Waals surface area contributed by atoms with Crippen molar-refractivity contribution in [1.29, 1.82) is 0 Å². The van der Waals surface area contributed by atoms with Crippen molar-refractivity contribution in [1.82, 2.24) is 19.7 Å². The summed E-state index contributed by atoms with van der Waals surface area (Å²) in [6.45, 7) is 0.217. The van der Waals surface area contributed by atoms with E-state index in [1.807, 2.05) is 12.1 Å². The number of carbonyl (C=O) groups is 1. The van der Waals surface area contributed by atoms with Gasteiger partial charge in [0.05, 0.1) is 13.1 Å². The van der Waals surface area contributed by atoms with E-state index in [0.29, 0.717) is 29.4 Å². The van der Waals surface area contributed by atoms with Crippen molar-refractivity contribution in [2.45, 2.75) is 19.6 Å². The van der Waals surface area contributed by atoms with Crippen molar-refractivity contribution in [3.05, 3.63) is 125 Å². The van der Waals surface area contributed by atoms with Gasteiger partial charge < -0.3 is 19.6 Å². The molecule has 0 bridgehead atoms. The normalized spacial score (nSPS) is 11.0. The smallest absolute Gasteiger partial charge is 0.290 e. The van der Waals surface area contributed by atoms with Crippen LogP contribution in [-0.4, -0.2) is 25.6 Å². The molecule has 3 aromatic carbocycles. The van der Waals surface area contributed by atoms with Crippen LogP contribution in [-0.2, 0) is 19.6 Å². The predicted octanol–water partition coefficient (Wildman–Crippen LogP) is 5.43. The number of anilines is 1. The maximum absolute atomic E-state index is 14.5. The van der Waals surface area contributed by atoms with Crippen molar-refractivity contribution < 1.29 is 22.4 Å². The number of amides is 1. The van der Waals surface area contributed by atoms with Gasteiger partial charge in [-0.2, -0.15) is 0 Å². The molecule has 0 atom stereocenters. The molecule has 192 valence electrons. The van der Waals surface area contributed by atoms with Crippen LogP contribution in [0.1, 0.15) is 27.5 Å². The number of benzene rings is 3. The van der Waals surface area contributed by atoms with Crippen LogP contribution < -0.4 is 5.73 Å². The Balaban J connectivity index is 1.43. The fraction of sp³-hybridized carbons (Fsp3) is 0.107. The van der Waals surface area contributed by atoms with E-state index in [-0.39, 0.29) is 24.4 Å². The summed E-state index contributed by atoms with van der Waals surface area (Å²) in [7, 11) is 0. The van der Waals surface area contributed by atoms with Gasteiger partial charge in [0.25, 0.3) is 5.91 Å². The number of halogens is 3. The summed E-state index contributed by atoms with van der Waals surface area (Å²) in [5, 5.41) is 8.14. The molecule has 0 aliphatic carbocycles. The second-order valence-electron chi connectivity index (χ2n) is 8.68. The molecule has 5 rings (SSSR count). The van der Waals surface area contributed by atoms with Crippen LogP contribution in [0.15, 0.2) is 89.6 Å². The lowest BCUT2D eigenvalue weighted by molar-refractivity contribution is 0.0690. The van der Waals surface area contributed by atoms with Gasteiger partial charge in [-0.05, 0) is 60.2 Å². The van der Waals surface area contributed by atoms with Crippen molar-refractivity contribution in [2.24, 2.45) is 0 Å². The summed E-state index contributed by atoms with van der Waals surface area (Å²) in [5.74, 6) is -1.62. The van der Waals surface area contributed by atoms with Crippen molar-refractivity contribution in [3.8, 4) is 11.3 Å². The van der Waals surface area contributed by atoms with Crippen molar-refractivity contribution in [3.63, 3.8) is 0 Å². The lowest BCUT2D eigenvalue weighted by atomic mass is 10.1. The SMILES string of the molecule is Nc1ccc(Cn2cnnc2CN(Cc2ccc(F)cc2F)C(=O)c2ccc(-c3ccc(F)cc3)o2)cc1. The molecule has 0 spiro atoms. The Labute approximate surface area is 215 Å². The second-order valence-corrected chi connectivity index (χ2v) is 8.68. The minimum absolute atomic E-state index is 0.00329. The number of nitrogen functional groups attached to an aromatic ring is 1. The zero-order chi connectivity index (χ0) is 26.6. The van der Waals surface area contributed by atoms with Gasteiger partial charge in [-0.15, -0.1) is 10.2 Å². The maximum Gasteiger partial charge on any atom is 0.290 e. The van der Waals surface area contributed by atoms with Gasteiger partial charge >= 0.3 is 0 Å². The molecule has 0 aliphatic rings. The third-order valence-electron chi connectivity index (χ3n) is 5.97. The maximum atomic E-state index is 14.5. The van der Waals surface area contributed by atoms with E-state index in [0.717, 1.165) is 17.7 Å². The van der Waals surface area contributed by atoms with Crippen LogP contribution in [0.5, 0.6) is 0 Å². The summed E-state index contributed by atoms with van der Waals surface area (Å²) in [5.41, 5.74) is 8.05. The van der Waals surface area contributed by atoms with Crippen molar-refractivity contribution >= 4 is 11.6 Å². The molecule has 0 unspecified atom stereocenters. The van der Waals surface area contributed by atoms with Crippen LogP contribution in [0.25, 0.3) is 11.3 Å². The standard InChI is InChI=1S/C28H22F3N5O2/c29-21-6-3-19(4-7-21)25-11-12-26(38-25)28(37)35(15-20-5-8-22(30)13-24(20)31)16-27-34-33-17-36(27)14-18-1-9-23(32)10-2-18/h1-13,17H,14-16,32H2. The molecule has 7 nitrogen and oxygen atoms in total. The molecule has 2 heterocycles. The molecule has 1 amide bonds. The first kappa shape index (κ1) is 24.8. The lowest BCUT2D eigenvalue weighted by Gasteiger charge is -2.22. The van der Waals surface area contributed by atoms with E-state index in [4.69, 9.17) is 10.2 Å². The molecular weight excluding hydrogens is 495 g/mol. The van der Waals surface area contributed by atoms with E-state index in [1.54, 1.807) is 22.8 Å². The molecule has 10 heteroatoms. The Bertz CT molecular complexity index is 1560. The Hall–Kier alpha value is -4.86. The molecule has 38 heavy (non-hydrogen) atoms. The Morgan fingerprint density at radius 3 is 2.37 bits per heavy atom. The van der Waals surface area contributed by atoms with Gasteiger partial charge in [0.15, 0.2) is 11.6 Å². The molecule has 0 radical (unpaired) electrons. The van der Waals surface area contributed by atoms with Gasteiger partial charge in [0, 0.05) is 29.4 Å². The first-order chi connectivity index (χ1) is 18.4. The number of aromatic nitrogens is 3. The summed E-state index contributed by atoms with van der Waals surface area (Å²) < 4.78 is 48.9. The highest BCUT2D eigenvalue weighted by atomic mass is 19.1. The number of carbonyl (C=O) groups excluding carboxylic acids is 1. The minimum Gasteiger partial charge on any atom is -0.451 e. The van der Waals surface area contributed by atoms with E-state index >= 15 is 0 Å². The van der Waals surface area contributed by atoms with E-state index in [2.05, 4.69) is 10.2 Å². The fourth-order valence-corrected chi connectivity index (χ4v) is 3.96. The van der Waals surface area contributed by atoms with Gasteiger partial charge in [0.2, 0.25) is 0 Å². The molecule has 0 saturated carbocycles. The molecule has 2 N–H and O–H groups in total. The van der Waals surface area contributed by atoms with Crippen LogP contribution in [0, 0.1) is 17.5 Å². The quantitative estimate of drug-likeness (QED) is 0.277. The number of furan rings is 1. The van der Waals surface area contributed by atoms with Crippen LogP contribution in [0.2, 0.25) is 0 Å².